The van der Waals surface area contributed by atoms with Crippen LogP contribution in [0.15, 0.2) is 28.0 Å². The van der Waals surface area contributed by atoms with E-state index in [2.05, 4.69) is 10.2 Å². The van der Waals surface area contributed by atoms with Crippen molar-refractivity contribution in [3.63, 3.8) is 0 Å². The second kappa shape index (κ2) is 7.54. The lowest BCUT2D eigenvalue weighted by Gasteiger charge is -2.22. The number of benzene rings is 1. The van der Waals surface area contributed by atoms with Crippen molar-refractivity contribution in [3.8, 4) is 0 Å². The third kappa shape index (κ3) is 3.71. The predicted octanol–water partition coefficient (Wildman–Crippen LogP) is 1.56. The van der Waals surface area contributed by atoms with Crippen molar-refractivity contribution in [3.05, 3.63) is 41.0 Å². The highest BCUT2D eigenvalue weighted by molar-refractivity contribution is 7.89. The maximum Gasteiger partial charge on any atom is 0.246 e. The molecule has 3 rings (SSSR count). The van der Waals surface area contributed by atoms with E-state index >= 15 is 0 Å². The van der Waals surface area contributed by atoms with Crippen LogP contribution in [0, 0.1) is 26.6 Å². The van der Waals surface area contributed by atoms with Crippen LogP contribution in [0.3, 0.4) is 0 Å². The van der Waals surface area contributed by atoms with Crippen molar-refractivity contribution in [1.82, 2.24) is 18.8 Å². The number of aromatic nitrogens is 2. The lowest BCUT2D eigenvalue weighted by atomic mass is 10.2. The molecule has 2 heterocycles. The minimum absolute atomic E-state index is 0.0221. The Morgan fingerprint density at radius 1 is 0.964 bits per heavy atom. The third-order valence-corrected chi connectivity index (χ3v) is 9.05. The van der Waals surface area contributed by atoms with E-state index in [4.69, 9.17) is 0 Å². The quantitative estimate of drug-likeness (QED) is 0.793. The first-order valence-electron chi connectivity index (χ1n) is 8.83. The number of sulfonamides is 2. The van der Waals surface area contributed by atoms with Crippen LogP contribution in [0.4, 0.5) is 4.39 Å². The maximum absolute atomic E-state index is 13.3. The molecule has 28 heavy (non-hydrogen) atoms. The molecule has 0 atom stereocenters. The van der Waals surface area contributed by atoms with Crippen LogP contribution in [0.1, 0.15) is 23.4 Å². The van der Waals surface area contributed by atoms with Crippen LogP contribution in [0.2, 0.25) is 0 Å². The number of aryl methyl sites for hydroxylation is 3. The predicted molar refractivity (Wildman–Crippen MR) is 101 cm³/mol. The minimum atomic E-state index is -3.85. The number of halogens is 1. The summed E-state index contributed by atoms with van der Waals surface area (Å²) in [5.41, 5.74) is 1.15. The molecule has 0 amide bonds. The van der Waals surface area contributed by atoms with Gasteiger partial charge in [-0.1, -0.05) is 0 Å². The molecule has 0 saturated carbocycles. The van der Waals surface area contributed by atoms with Gasteiger partial charge in [0.05, 0.1) is 16.3 Å². The highest BCUT2D eigenvalue weighted by atomic mass is 32.2. The zero-order valence-corrected chi connectivity index (χ0v) is 17.6. The SMILES string of the molecule is Cc1cc(F)ccc1S(=O)(=O)N1CCCN(S(=O)(=O)c2c(C)n[nH]c2C)CC1. The summed E-state index contributed by atoms with van der Waals surface area (Å²) in [5, 5.41) is 6.61. The van der Waals surface area contributed by atoms with Crippen molar-refractivity contribution >= 4 is 20.0 Å². The van der Waals surface area contributed by atoms with Crippen LogP contribution in [-0.2, 0) is 20.0 Å². The van der Waals surface area contributed by atoms with Gasteiger partial charge in [0.25, 0.3) is 0 Å². The molecule has 1 fully saturated rings. The van der Waals surface area contributed by atoms with Gasteiger partial charge in [-0.3, -0.25) is 5.10 Å². The van der Waals surface area contributed by atoms with Gasteiger partial charge in [0.15, 0.2) is 0 Å². The molecule has 0 bridgehead atoms. The third-order valence-electron chi connectivity index (χ3n) is 4.83. The van der Waals surface area contributed by atoms with Crippen LogP contribution >= 0.6 is 0 Å². The zero-order chi connectivity index (χ0) is 20.7. The van der Waals surface area contributed by atoms with E-state index in [0.29, 0.717) is 23.4 Å². The lowest BCUT2D eigenvalue weighted by molar-refractivity contribution is 0.404. The second-order valence-corrected chi connectivity index (χ2v) is 10.6. The topological polar surface area (TPSA) is 103 Å². The van der Waals surface area contributed by atoms with Crippen LogP contribution in [-0.4, -0.2) is 61.8 Å². The fraction of sp³-hybridized carbons (Fsp3) is 0.471. The normalized spacial score (nSPS) is 17.6. The Labute approximate surface area is 164 Å². The number of hydrogen-bond acceptors (Lipinski definition) is 5. The summed E-state index contributed by atoms with van der Waals surface area (Å²) in [6, 6.07) is 3.53. The molecule has 1 N–H and O–H groups in total. The number of H-pyrrole nitrogens is 1. The van der Waals surface area contributed by atoms with Gasteiger partial charge in [0.1, 0.15) is 10.7 Å². The van der Waals surface area contributed by atoms with Crippen molar-refractivity contribution in [1.29, 1.82) is 0 Å². The molecule has 1 aromatic heterocycles. The first kappa shape index (κ1) is 20.9. The fourth-order valence-electron chi connectivity index (χ4n) is 3.44. The van der Waals surface area contributed by atoms with Crippen molar-refractivity contribution in [2.24, 2.45) is 0 Å². The van der Waals surface area contributed by atoms with E-state index in [1.807, 2.05) is 0 Å². The van der Waals surface area contributed by atoms with Gasteiger partial charge in [-0.15, -0.1) is 0 Å². The molecule has 1 aromatic carbocycles. The van der Waals surface area contributed by atoms with Crippen LogP contribution < -0.4 is 0 Å². The van der Waals surface area contributed by atoms with Gasteiger partial charge in [-0.05, 0) is 51.0 Å². The van der Waals surface area contributed by atoms with Gasteiger partial charge in [0, 0.05) is 26.2 Å². The first-order chi connectivity index (χ1) is 13.0. The monoisotopic (exact) mass is 430 g/mol. The Morgan fingerprint density at radius 2 is 1.57 bits per heavy atom. The summed E-state index contributed by atoms with van der Waals surface area (Å²) < 4.78 is 67.9. The Morgan fingerprint density at radius 3 is 2.11 bits per heavy atom. The molecule has 0 spiro atoms. The van der Waals surface area contributed by atoms with Gasteiger partial charge in [0.2, 0.25) is 20.0 Å². The number of aromatic amines is 1. The molecular formula is C17H23FN4O4S2. The van der Waals surface area contributed by atoms with Gasteiger partial charge >= 0.3 is 0 Å². The summed E-state index contributed by atoms with van der Waals surface area (Å²) in [6.07, 6.45) is 0.356. The molecule has 1 aliphatic rings. The Balaban J connectivity index is 1.85. The Hall–Kier alpha value is -1.82. The van der Waals surface area contributed by atoms with E-state index in [1.54, 1.807) is 13.8 Å². The largest absolute Gasteiger partial charge is 0.281 e. The summed E-state index contributed by atoms with van der Waals surface area (Å²) in [7, 11) is -7.63. The van der Waals surface area contributed by atoms with Gasteiger partial charge in [-0.25, -0.2) is 21.2 Å². The summed E-state index contributed by atoms with van der Waals surface area (Å²) in [5.74, 6) is -0.504. The van der Waals surface area contributed by atoms with E-state index in [0.717, 1.165) is 6.07 Å². The molecule has 1 aliphatic heterocycles. The zero-order valence-electron chi connectivity index (χ0n) is 15.9. The molecule has 0 aliphatic carbocycles. The summed E-state index contributed by atoms with van der Waals surface area (Å²) >= 11 is 0. The highest BCUT2D eigenvalue weighted by Gasteiger charge is 2.34. The van der Waals surface area contributed by atoms with Crippen molar-refractivity contribution < 1.29 is 21.2 Å². The maximum atomic E-state index is 13.3. The standard InChI is InChI=1S/C17H23FN4O4S2/c1-12-11-15(18)5-6-16(12)27(23,24)21-7-4-8-22(10-9-21)28(25,26)17-13(2)19-20-14(17)3/h5-6,11H,4,7-10H2,1-3H3,(H,19,20). The molecule has 0 unspecified atom stereocenters. The Kier molecular flexibility index (Phi) is 5.63. The van der Waals surface area contributed by atoms with Gasteiger partial charge in [-0.2, -0.15) is 13.7 Å². The molecule has 2 aromatic rings. The number of hydrogen-bond donors (Lipinski definition) is 1. The molecule has 11 heteroatoms. The number of nitrogens with one attached hydrogen (secondary N) is 1. The average molecular weight is 431 g/mol. The summed E-state index contributed by atoms with van der Waals surface area (Å²) in [6.45, 7) is 5.24. The van der Waals surface area contributed by atoms with Crippen LogP contribution in [0.5, 0.6) is 0 Å². The second-order valence-electron chi connectivity index (χ2n) is 6.83. The molecular weight excluding hydrogens is 407 g/mol. The van der Waals surface area contributed by atoms with Crippen molar-refractivity contribution in [2.75, 3.05) is 26.2 Å². The Bertz CT molecular complexity index is 1080. The first-order valence-corrected chi connectivity index (χ1v) is 11.7. The van der Waals surface area contributed by atoms with Crippen molar-refractivity contribution in [2.45, 2.75) is 37.0 Å². The smallest absolute Gasteiger partial charge is 0.246 e. The molecule has 154 valence electrons. The van der Waals surface area contributed by atoms with Crippen LogP contribution in [0.25, 0.3) is 0 Å². The fourth-order valence-corrected chi connectivity index (χ4v) is 6.92. The van der Waals surface area contributed by atoms with E-state index < -0.39 is 25.9 Å². The molecule has 8 nitrogen and oxygen atoms in total. The minimum Gasteiger partial charge on any atom is -0.281 e. The number of rotatable bonds is 4. The summed E-state index contributed by atoms with van der Waals surface area (Å²) in [4.78, 5) is 0.171. The molecule has 0 radical (unpaired) electrons. The average Bonchev–Trinajstić information content (AvgIpc) is 2.81. The molecule has 1 saturated heterocycles. The lowest BCUT2D eigenvalue weighted by Crippen LogP contribution is -2.37. The van der Waals surface area contributed by atoms with Gasteiger partial charge < -0.3 is 0 Å². The van der Waals surface area contributed by atoms with E-state index in [9.17, 15) is 21.2 Å². The van der Waals surface area contributed by atoms with E-state index in [1.165, 1.54) is 27.7 Å². The number of nitrogens with zero attached hydrogens (tertiary/aromatic N) is 3. The highest BCUT2D eigenvalue weighted by Crippen LogP contribution is 2.25. The van der Waals surface area contributed by atoms with E-state index in [-0.39, 0.29) is 36.0 Å².